The summed E-state index contributed by atoms with van der Waals surface area (Å²) >= 11 is 5.55. The van der Waals surface area contributed by atoms with Crippen LogP contribution in [0, 0.1) is 0 Å². The van der Waals surface area contributed by atoms with Crippen LogP contribution in [0.3, 0.4) is 0 Å². The number of benzene rings is 2. The first-order valence-corrected chi connectivity index (χ1v) is 7.84. The van der Waals surface area contributed by atoms with Crippen LogP contribution in [0.1, 0.15) is 11.5 Å². The number of aromatic amines is 1. The highest BCUT2D eigenvalue weighted by atomic mass is 32.1. The lowest BCUT2D eigenvalue weighted by Crippen LogP contribution is -2.25. The minimum Gasteiger partial charge on any atom is -0.349 e. The zero-order chi connectivity index (χ0) is 16.1. The Hall–Kier alpha value is -2.50. The number of nitrogens with two attached hydrogens (primary N) is 1. The van der Waals surface area contributed by atoms with Gasteiger partial charge >= 0.3 is 0 Å². The van der Waals surface area contributed by atoms with Gasteiger partial charge in [0.25, 0.3) is 0 Å². The fourth-order valence-corrected chi connectivity index (χ4v) is 2.81. The van der Waals surface area contributed by atoms with Crippen molar-refractivity contribution in [2.24, 2.45) is 5.73 Å². The summed E-state index contributed by atoms with van der Waals surface area (Å²) in [6.07, 6.45) is 3.67. The molecule has 0 amide bonds. The van der Waals surface area contributed by atoms with Crippen LogP contribution in [-0.2, 0) is 0 Å². The van der Waals surface area contributed by atoms with E-state index in [2.05, 4.69) is 15.5 Å². The monoisotopic (exact) mass is 322 g/mol. The number of thiocarbonyl (C=S) groups is 1. The molecule has 116 valence electrons. The summed E-state index contributed by atoms with van der Waals surface area (Å²) in [5.41, 5.74) is 10.2. The Morgan fingerprint density at radius 1 is 1.09 bits per heavy atom. The number of nitrogens with zero attached hydrogens (tertiary/aromatic N) is 1. The Labute approximate surface area is 140 Å². The molecule has 4 nitrogen and oxygen atoms in total. The lowest BCUT2D eigenvalue weighted by Gasteiger charge is -2.18. The van der Waals surface area contributed by atoms with Crippen LogP contribution in [0.15, 0.2) is 67.0 Å². The minimum atomic E-state index is 0.0137. The maximum absolute atomic E-state index is 5.91. The summed E-state index contributed by atoms with van der Waals surface area (Å²) in [5.74, 6) is 0.0137. The molecule has 0 fully saturated rings. The maximum atomic E-state index is 5.91. The highest BCUT2D eigenvalue weighted by molar-refractivity contribution is 7.80. The summed E-state index contributed by atoms with van der Waals surface area (Å²) < 4.78 is 0. The Morgan fingerprint density at radius 2 is 1.83 bits per heavy atom. The van der Waals surface area contributed by atoms with Crippen molar-refractivity contribution in [2.45, 2.75) is 5.92 Å². The van der Waals surface area contributed by atoms with Gasteiger partial charge in [-0.25, -0.2) is 0 Å². The minimum absolute atomic E-state index is 0.0137. The second kappa shape index (κ2) is 7.17. The molecule has 3 rings (SSSR count). The molecule has 23 heavy (non-hydrogen) atoms. The maximum Gasteiger partial charge on any atom is 0.0885 e. The molecule has 0 spiro atoms. The van der Waals surface area contributed by atoms with Crippen molar-refractivity contribution >= 4 is 22.9 Å². The van der Waals surface area contributed by atoms with Crippen LogP contribution < -0.4 is 11.1 Å². The van der Waals surface area contributed by atoms with Crippen molar-refractivity contribution in [3.05, 3.63) is 72.6 Å². The molecule has 4 N–H and O–H groups in total. The van der Waals surface area contributed by atoms with Crippen LogP contribution in [0.4, 0.5) is 5.69 Å². The smallest absolute Gasteiger partial charge is 0.0885 e. The van der Waals surface area contributed by atoms with Crippen molar-refractivity contribution < 1.29 is 0 Å². The van der Waals surface area contributed by atoms with E-state index in [0.717, 1.165) is 27.4 Å². The number of H-pyrrole nitrogens is 1. The highest BCUT2D eigenvalue weighted by Gasteiger charge is 2.15. The predicted molar refractivity (Wildman–Crippen MR) is 98.5 cm³/mol. The van der Waals surface area contributed by atoms with Gasteiger partial charge in [-0.05, 0) is 23.3 Å². The summed E-state index contributed by atoms with van der Waals surface area (Å²) in [6.45, 7) is 0.475. The molecule has 1 heterocycles. The third-order valence-electron chi connectivity index (χ3n) is 3.74. The lowest BCUT2D eigenvalue weighted by atomic mass is 9.99. The molecule has 0 saturated heterocycles. The summed E-state index contributed by atoms with van der Waals surface area (Å²) in [6, 6.07) is 18.2. The number of hydrogen-bond acceptors (Lipinski definition) is 3. The first-order valence-electron chi connectivity index (χ1n) is 7.43. The summed E-state index contributed by atoms with van der Waals surface area (Å²) in [5, 5.41) is 10.1. The summed E-state index contributed by atoms with van der Waals surface area (Å²) in [7, 11) is 0. The van der Waals surface area contributed by atoms with Crippen molar-refractivity contribution in [3.63, 3.8) is 0 Å². The van der Waals surface area contributed by atoms with Gasteiger partial charge in [0, 0.05) is 29.9 Å². The molecule has 3 aromatic rings. The summed E-state index contributed by atoms with van der Waals surface area (Å²) in [4.78, 5) is 0.731. The van der Waals surface area contributed by atoms with Gasteiger partial charge in [-0.3, -0.25) is 5.10 Å². The van der Waals surface area contributed by atoms with Crippen LogP contribution in [0.25, 0.3) is 11.1 Å². The molecule has 5 heteroatoms. The molecule has 0 aliphatic rings. The molecule has 1 aromatic heterocycles. The zero-order valence-electron chi connectivity index (χ0n) is 12.6. The van der Waals surface area contributed by atoms with Gasteiger partial charge in [0.1, 0.15) is 0 Å². The molecule has 0 saturated carbocycles. The van der Waals surface area contributed by atoms with Gasteiger partial charge in [-0.1, -0.05) is 54.7 Å². The van der Waals surface area contributed by atoms with E-state index in [-0.39, 0.29) is 5.92 Å². The number of nitrogens with one attached hydrogen (secondary N) is 2. The largest absolute Gasteiger partial charge is 0.349 e. The topological polar surface area (TPSA) is 66.7 Å². The second-order valence-electron chi connectivity index (χ2n) is 5.25. The van der Waals surface area contributed by atoms with E-state index in [1.807, 2.05) is 60.8 Å². The normalized spacial score (nSPS) is 11.9. The van der Waals surface area contributed by atoms with E-state index in [4.69, 9.17) is 18.0 Å². The van der Waals surface area contributed by atoms with Crippen molar-refractivity contribution in [1.29, 1.82) is 0 Å². The first kappa shape index (κ1) is 15.4. The molecule has 1 atom stereocenters. The van der Waals surface area contributed by atoms with Gasteiger partial charge in [-0.2, -0.15) is 5.10 Å². The predicted octanol–water partition coefficient (Wildman–Crippen LogP) is 3.56. The van der Waals surface area contributed by atoms with Crippen LogP contribution in [0.5, 0.6) is 0 Å². The Morgan fingerprint density at radius 3 is 2.43 bits per heavy atom. The van der Waals surface area contributed by atoms with Crippen molar-refractivity contribution in [3.8, 4) is 11.1 Å². The van der Waals surface area contributed by atoms with Gasteiger partial charge in [0.2, 0.25) is 0 Å². The second-order valence-corrected chi connectivity index (χ2v) is 5.69. The van der Waals surface area contributed by atoms with Crippen LogP contribution >= 0.6 is 12.2 Å². The molecule has 0 radical (unpaired) electrons. The van der Waals surface area contributed by atoms with E-state index < -0.39 is 0 Å². The first-order chi connectivity index (χ1) is 11.3. The number of anilines is 1. The van der Waals surface area contributed by atoms with Crippen LogP contribution in [-0.4, -0.2) is 21.7 Å². The van der Waals surface area contributed by atoms with Gasteiger partial charge < -0.3 is 11.1 Å². The van der Waals surface area contributed by atoms with E-state index in [9.17, 15) is 0 Å². The quantitative estimate of drug-likeness (QED) is 0.628. The van der Waals surface area contributed by atoms with Crippen molar-refractivity contribution in [2.75, 3.05) is 11.9 Å². The van der Waals surface area contributed by atoms with Gasteiger partial charge in [0.15, 0.2) is 0 Å². The van der Waals surface area contributed by atoms with E-state index >= 15 is 0 Å². The zero-order valence-corrected chi connectivity index (χ0v) is 13.4. The van der Waals surface area contributed by atoms with Gasteiger partial charge in [0.05, 0.1) is 11.2 Å². The molecule has 2 aromatic carbocycles. The van der Waals surface area contributed by atoms with E-state index in [0.29, 0.717) is 6.54 Å². The molecular formula is C18H18N4S. The van der Waals surface area contributed by atoms with Crippen LogP contribution in [0.2, 0.25) is 0 Å². The molecule has 0 aliphatic heterocycles. The molecule has 0 aliphatic carbocycles. The number of rotatable bonds is 5. The third kappa shape index (κ3) is 3.64. The fourth-order valence-electron chi connectivity index (χ4n) is 2.46. The molecule has 0 bridgehead atoms. The molecule has 1 unspecified atom stereocenters. The average Bonchev–Trinajstić information content (AvgIpc) is 3.12. The van der Waals surface area contributed by atoms with Crippen molar-refractivity contribution in [1.82, 2.24) is 10.2 Å². The average molecular weight is 322 g/mol. The van der Waals surface area contributed by atoms with E-state index in [1.165, 1.54) is 0 Å². The Bertz CT molecular complexity index is 751. The van der Waals surface area contributed by atoms with E-state index in [1.54, 1.807) is 6.20 Å². The fraction of sp³-hybridized carbons (Fsp3) is 0.111. The Balaban J connectivity index is 1.72. The highest BCUT2D eigenvalue weighted by Crippen LogP contribution is 2.22. The number of hydrogen-bond donors (Lipinski definition) is 3. The molecular weight excluding hydrogens is 304 g/mol. The lowest BCUT2D eigenvalue weighted by molar-refractivity contribution is 0.898. The van der Waals surface area contributed by atoms with Gasteiger partial charge in [-0.15, -0.1) is 0 Å². The number of aromatic nitrogens is 2. The third-order valence-corrected chi connectivity index (χ3v) is 4.12. The SMILES string of the molecule is NCC(C(=S)Nc1ccc(-c2cn[nH]c2)cc1)c1ccccc1. The Kier molecular flexibility index (Phi) is 4.80. The standard InChI is InChI=1S/C18H18N4S/c19-10-17(14-4-2-1-3-5-14)18(23)22-16-8-6-13(7-9-16)15-11-20-21-12-15/h1-9,11-12,17H,10,19H2,(H,20,21)(H,22,23).